The second-order valence-corrected chi connectivity index (χ2v) is 11.8. The first kappa shape index (κ1) is 38.5. The molecule has 49 heavy (non-hydrogen) atoms. The molecule has 260 valence electrons. The molecule has 2 atom stereocenters. The molecule has 0 spiro atoms. The predicted molar refractivity (Wildman–Crippen MR) is 185 cm³/mol. The topological polar surface area (TPSA) is 105 Å². The van der Waals surface area contributed by atoms with Gasteiger partial charge in [0.1, 0.15) is 12.0 Å². The largest absolute Gasteiger partial charge is 0.573 e. The number of aryl methyl sites for hydroxylation is 3. The third kappa shape index (κ3) is 11.6. The molecule has 0 saturated carbocycles. The Hall–Kier alpha value is -4.96. The number of aldehydes is 1. The lowest BCUT2D eigenvalue weighted by atomic mass is 9.83. The maximum Gasteiger partial charge on any atom is 0.573 e. The van der Waals surface area contributed by atoms with E-state index in [1.165, 1.54) is 39.9 Å². The fraction of sp³-hybridized carbons (Fsp3) is 0.308. The van der Waals surface area contributed by atoms with Crippen molar-refractivity contribution in [1.29, 1.82) is 0 Å². The Bertz CT molecular complexity index is 1660. The number of carboxylic acids is 1. The minimum absolute atomic E-state index is 0.0171. The Balaban J connectivity index is 0.000000319. The van der Waals surface area contributed by atoms with Crippen LogP contribution in [0.3, 0.4) is 0 Å². The van der Waals surface area contributed by atoms with E-state index in [-0.39, 0.29) is 36.6 Å². The van der Waals surface area contributed by atoms with E-state index in [9.17, 15) is 27.6 Å². The van der Waals surface area contributed by atoms with Gasteiger partial charge < -0.3 is 20.5 Å². The number of amides is 1. The maximum atomic E-state index is 12.4. The average Bonchev–Trinajstić information content (AvgIpc) is 3.05. The highest BCUT2D eigenvalue weighted by atomic mass is 19.4. The Morgan fingerprint density at radius 3 is 1.94 bits per heavy atom. The van der Waals surface area contributed by atoms with E-state index in [0.717, 1.165) is 35.8 Å². The third-order valence-electron chi connectivity index (χ3n) is 8.02. The maximum absolute atomic E-state index is 12.4. The molecule has 1 amide bonds. The molecule has 0 aliphatic heterocycles. The van der Waals surface area contributed by atoms with Gasteiger partial charge in [0, 0.05) is 29.6 Å². The molecule has 0 fully saturated rings. The number of aliphatic carboxylic acids is 1. The normalized spacial score (nSPS) is 12.2. The fourth-order valence-electron chi connectivity index (χ4n) is 5.94. The number of halogens is 3. The standard InChI is InChI=1S/C23H27F3N2O4.C16H16O/c1-3-4-19(15-5-7-17(8-6-15)22(31)28-14-13-20(29)30)21(27-2)16-9-11-18(12-10-16)32-23(24,25)26;1-11-8-12(2)16(13(3)9-11)15-6-4-14(10-17)5-7-15/h5-12,19,21,27H,3-4,13-14H2,1-2H3,(H,28,31)(H,29,30);4-10H,1-3H3/t19-,21+;/m0./s1. The van der Waals surface area contributed by atoms with E-state index in [1.54, 1.807) is 31.3 Å². The second-order valence-electron chi connectivity index (χ2n) is 11.8. The van der Waals surface area contributed by atoms with Crippen molar-refractivity contribution >= 4 is 18.2 Å². The van der Waals surface area contributed by atoms with Gasteiger partial charge in [0.25, 0.3) is 5.91 Å². The molecule has 0 radical (unpaired) electrons. The van der Waals surface area contributed by atoms with Gasteiger partial charge in [-0.3, -0.25) is 14.4 Å². The van der Waals surface area contributed by atoms with Crippen molar-refractivity contribution in [3.63, 3.8) is 0 Å². The van der Waals surface area contributed by atoms with Crippen LogP contribution in [0.1, 0.15) is 86.7 Å². The molecule has 0 aromatic heterocycles. The molecule has 4 aromatic carbocycles. The van der Waals surface area contributed by atoms with Crippen molar-refractivity contribution in [1.82, 2.24) is 10.6 Å². The van der Waals surface area contributed by atoms with Crippen molar-refractivity contribution in [2.75, 3.05) is 13.6 Å². The number of carboxylic acid groups (broad SMARTS) is 1. The summed E-state index contributed by atoms with van der Waals surface area (Å²) in [5.74, 6) is -1.60. The summed E-state index contributed by atoms with van der Waals surface area (Å²) in [5.41, 5.74) is 9.22. The fourth-order valence-corrected chi connectivity index (χ4v) is 5.94. The van der Waals surface area contributed by atoms with E-state index in [1.807, 2.05) is 43.3 Å². The molecule has 0 bridgehead atoms. The first-order chi connectivity index (χ1) is 23.3. The Morgan fingerprint density at radius 2 is 1.45 bits per heavy atom. The molecule has 0 aliphatic carbocycles. The van der Waals surface area contributed by atoms with Crippen LogP contribution in [0.2, 0.25) is 0 Å². The molecule has 0 heterocycles. The van der Waals surface area contributed by atoms with Crippen LogP contribution in [0.5, 0.6) is 5.75 Å². The summed E-state index contributed by atoms with van der Waals surface area (Å²) in [5, 5.41) is 14.5. The van der Waals surface area contributed by atoms with Gasteiger partial charge >= 0.3 is 12.3 Å². The van der Waals surface area contributed by atoms with Crippen LogP contribution in [0, 0.1) is 20.8 Å². The molecular weight excluding hydrogens is 633 g/mol. The summed E-state index contributed by atoms with van der Waals surface area (Å²) >= 11 is 0. The summed E-state index contributed by atoms with van der Waals surface area (Å²) in [6.45, 7) is 8.46. The number of nitrogens with one attached hydrogen (secondary N) is 2. The Labute approximate surface area is 285 Å². The molecule has 0 saturated heterocycles. The zero-order valence-electron chi connectivity index (χ0n) is 28.4. The quantitative estimate of drug-likeness (QED) is 0.122. The van der Waals surface area contributed by atoms with Gasteiger partial charge in [-0.05, 0) is 91.9 Å². The number of ether oxygens (including phenoxy) is 1. The molecule has 0 unspecified atom stereocenters. The zero-order chi connectivity index (χ0) is 36.1. The summed E-state index contributed by atoms with van der Waals surface area (Å²) < 4.78 is 41.2. The van der Waals surface area contributed by atoms with Gasteiger partial charge in [-0.2, -0.15) is 0 Å². The van der Waals surface area contributed by atoms with Crippen molar-refractivity contribution in [3.05, 3.63) is 124 Å². The molecule has 3 N–H and O–H groups in total. The van der Waals surface area contributed by atoms with E-state index in [4.69, 9.17) is 5.11 Å². The van der Waals surface area contributed by atoms with Crippen molar-refractivity contribution in [3.8, 4) is 16.9 Å². The van der Waals surface area contributed by atoms with Gasteiger partial charge in [0.15, 0.2) is 0 Å². The van der Waals surface area contributed by atoms with Gasteiger partial charge in [-0.15, -0.1) is 13.2 Å². The zero-order valence-corrected chi connectivity index (χ0v) is 28.4. The SMILES string of the molecule is CCC[C@@H](c1ccc(C(=O)NCCC(=O)O)cc1)[C@H](NC)c1ccc(OC(F)(F)F)cc1.Cc1cc(C)c(-c2ccc(C=O)cc2)c(C)c1. The van der Waals surface area contributed by atoms with Crippen LogP contribution >= 0.6 is 0 Å². The monoisotopic (exact) mass is 676 g/mol. The summed E-state index contributed by atoms with van der Waals surface area (Å²) in [7, 11) is 1.79. The highest BCUT2D eigenvalue weighted by molar-refractivity contribution is 5.94. The number of carbonyl (C=O) groups is 3. The van der Waals surface area contributed by atoms with Crippen LogP contribution in [0.4, 0.5) is 13.2 Å². The van der Waals surface area contributed by atoms with Crippen molar-refractivity contribution < 1.29 is 37.4 Å². The smallest absolute Gasteiger partial charge is 0.481 e. The predicted octanol–water partition coefficient (Wildman–Crippen LogP) is 8.73. The minimum Gasteiger partial charge on any atom is -0.481 e. The van der Waals surface area contributed by atoms with E-state index in [0.29, 0.717) is 5.56 Å². The number of hydrogen-bond acceptors (Lipinski definition) is 5. The van der Waals surface area contributed by atoms with Gasteiger partial charge in [-0.25, -0.2) is 0 Å². The number of benzene rings is 4. The first-order valence-corrected chi connectivity index (χ1v) is 16.0. The van der Waals surface area contributed by atoms with Crippen LogP contribution < -0.4 is 15.4 Å². The summed E-state index contributed by atoms with van der Waals surface area (Å²) in [6, 6.07) is 24.8. The molecule has 0 aliphatic rings. The van der Waals surface area contributed by atoms with Crippen molar-refractivity contribution in [2.45, 2.75) is 65.3 Å². The highest BCUT2D eigenvalue weighted by Crippen LogP contribution is 2.36. The molecule has 4 aromatic rings. The average molecular weight is 677 g/mol. The van der Waals surface area contributed by atoms with Crippen LogP contribution in [0.25, 0.3) is 11.1 Å². The van der Waals surface area contributed by atoms with E-state index >= 15 is 0 Å². The number of alkyl halides is 3. The van der Waals surface area contributed by atoms with E-state index in [2.05, 4.69) is 48.3 Å². The number of carbonyl (C=O) groups excluding carboxylic acids is 2. The Morgan fingerprint density at radius 1 is 0.878 bits per heavy atom. The number of likely N-dealkylation sites (N-methyl/N-ethyl adjacent to an activating group) is 1. The molecular formula is C39H43F3N2O5. The second kappa shape index (κ2) is 18.0. The van der Waals surface area contributed by atoms with Gasteiger partial charge in [0.05, 0.1) is 6.42 Å². The highest BCUT2D eigenvalue weighted by Gasteiger charge is 2.31. The van der Waals surface area contributed by atoms with Crippen LogP contribution in [0.15, 0.2) is 84.9 Å². The van der Waals surface area contributed by atoms with Gasteiger partial charge in [-0.1, -0.05) is 79.6 Å². The lowest BCUT2D eigenvalue weighted by Crippen LogP contribution is -2.26. The molecule has 7 nitrogen and oxygen atoms in total. The van der Waals surface area contributed by atoms with E-state index < -0.39 is 12.3 Å². The van der Waals surface area contributed by atoms with Crippen LogP contribution in [-0.4, -0.2) is 43.2 Å². The first-order valence-electron chi connectivity index (χ1n) is 16.0. The summed E-state index contributed by atoms with van der Waals surface area (Å²) in [4.78, 5) is 33.4. The number of hydrogen-bond donors (Lipinski definition) is 3. The lowest BCUT2D eigenvalue weighted by molar-refractivity contribution is -0.274. The van der Waals surface area contributed by atoms with Crippen molar-refractivity contribution in [2.24, 2.45) is 0 Å². The minimum atomic E-state index is -4.74. The lowest BCUT2D eigenvalue weighted by Gasteiger charge is -2.28. The van der Waals surface area contributed by atoms with Gasteiger partial charge in [0.2, 0.25) is 0 Å². The summed E-state index contributed by atoms with van der Waals surface area (Å²) in [6.07, 6.45) is -2.32. The van der Waals surface area contributed by atoms with Crippen LogP contribution in [-0.2, 0) is 4.79 Å². The Kier molecular flexibility index (Phi) is 14.1. The number of rotatable bonds is 13. The third-order valence-corrected chi connectivity index (χ3v) is 8.02. The molecule has 4 rings (SSSR count). The molecule has 10 heteroatoms.